The molecule has 1 N–H and O–H groups in total. The van der Waals surface area contributed by atoms with Crippen LogP contribution in [0.1, 0.15) is 25.5 Å². The molecule has 98 valence electrons. The molecule has 0 amide bonds. The summed E-state index contributed by atoms with van der Waals surface area (Å²) in [6, 6.07) is 7.91. The number of carboxylic acid groups (broad SMARTS) is 1. The van der Waals surface area contributed by atoms with Crippen LogP contribution < -0.4 is 0 Å². The van der Waals surface area contributed by atoms with Crippen LogP contribution >= 0.6 is 11.6 Å². The van der Waals surface area contributed by atoms with E-state index in [1.165, 1.54) is 0 Å². The molecular formula is C14H18ClNO2. The van der Waals surface area contributed by atoms with E-state index in [4.69, 9.17) is 16.7 Å². The van der Waals surface area contributed by atoms with Crippen LogP contribution in [0.25, 0.3) is 0 Å². The molecule has 1 saturated heterocycles. The van der Waals surface area contributed by atoms with E-state index in [1.54, 1.807) is 0 Å². The second-order valence-corrected chi connectivity index (χ2v) is 5.48. The van der Waals surface area contributed by atoms with Crippen molar-refractivity contribution < 1.29 is 9.90 Å². The van der Waals surface area contributed by atoms with Gasteiger partial charge in [0.25, 0.3) is 0 Å². The maximum absolute atomic E-state index is 11.1. The molecule has 1 aromatic carbocycles. The quantitative estimate of drug-likeness (QED) is 0.915. The van der Waals surface area contributed by atoms with Crippen molar-refractivity contribution in [3.8, 4) is 0 Å². The van der Waals surface area contributed by atoms with Crippen molar-refractivity contribution in [1.29, 1.82) is 0 Å². The van der Waals surface area contributed by atoms with Gasteiger partial charge < -0.3 is 5.11 Å². The van der Waals surface area contributed by atoms with Gasteiger partial charge in [0, 0.05) is 24.2 Å². The van der Waals surface area contributed by atoms with E-state index in [0.29, 0.717) is 6.54 Å². The minimum atomic E-state index is -0.698. The molecule has 0 radical (unpaired) electrons. The van der Waals surface area contributed by atoms with Crippen LogP contribution in [0.3, 0.4) is 0 Å². The minimum absolute atomic E-state index is 0.158. The van der Waals surface area contributed by atoms with Crippen LogP contribution in [0, 0.1) is 11.8 Å². The Morgan fingerprint density at radius 2 is 2.11 bits per heavy atom. The van der Waals surface area contributed by atoms with E-state index < -0.39 is 5.97 Å². The smallest absolute Gasteiger partial charge is 0.308 e. The van der Waals surface area contributed by atoms with Gasteiger partial charge in [-0.15, -0.1) is 0 Å². The summed E-state index contributed by atoms with van der Waals surface area (Å²) in [6.07, 6.45) is 0. The van der Waals surface area contributed by atoms with Gasteiger partial charge in [-0.05, 0) is 24.5 Å². The third-order valence-electron chi connectivity index (χ3n) is 3.86. The van der Waals surface area contributed by atoms with E-state index >= 15 is 0 Å². The maximum Gasteiger partial charge on any atom is 0.308 e. The minimum Gasteiger partial charge on any atom is -0.481 e. The summed E-state index contributed by atoms with van der Waals surface area (Å²) in [5.41, 5.74) is 1.07. The second kappa shape index (κ2) is 5.29. The molecule has 3 nitrogen and oxygen atoms in total. The van der Waals surface area contributed by atoms with E-state index in [-0.39, 0.29) is 17.9 Å². The highest BCUT2D eigenvalue weighted by atomic mass is 35.5. The van der Waals surface area contributed by atoms with E-state index in [2.05, 4.69) is 11.8 Å². The van der Waals surface area contributed by atoms with E-state index in [1.807, 2.05) is 31.2 Å². The molecule has 18 heavy (non-hydrogen) atoms. The Labute approximate surface area is 112 Å². The van der Waals surface area contributed by atoms with Crippen LogP contribution in [-0.2, 0) is 4.79 Å². The largest absolute Gasteiger partial charge is 0.481 e. The molecule has 2 rings (SSSR count). The number of halogens is 1. The van der Waals surface area contributed by atoms with Gasteiger partial charge in [-0.3, -0.25) is 9.69 Å². The average molecular weight is 268 g/mol. The fourth-order valence-electron chi connectivity index (χ4n) is 2.65. The zero-order valence-electron chi connectivity index (χ0n) is 10.6. The monoisotopic (exact) mass is 267 g/mol. The first kappa shape index (κ1) is 13.4. The van der Waals surface area contributed by atoms with Crippen molar-refractivity contribution in [2.45, 2.75) is 19.9 Å². The fourth-order valence-corrected chi connectivity index (χ4v) is 2.95. The molecule has 1 aliphatic rings. The van der Waals surface area contributed by atoms with Gasteiger partial charge in [0.15, 0.2) is 0 Å². The standard InChI is InChI=1S/C14H18ClNO2/c1-9-7-16(8-12(9)14(17)18)10(2)11-5-3-4-6-13(11)15/h3-6,9-10,12H,7-8H2,1-2H3,(H,17,18)/t9-,10?,12-/m1/s1. The molecule has 1 heterocycles. The number of hydrogen-bond acceptors (Lipinski definition) is 2. The lowest BCUT2D eigenvalue weighted by Gasteiger charge is -2.25. The highest BCUT2D eigenvalue weighted by Gasteiger charge is 2.37. The van der Waals surface area contributed by atoms with Crippen LogP contribution in [-0.4, -0.2) is 29.1 Å². The Kier molecular flexibility index (Phi) is 3.93. The molecule has 0 saturated carbocycles. The Hall–Kier alpha value is -1.06. The SMILES string of the molecule is CC(c1ccccc1Cl)N1C[C@@H](C)[C@H](C(=O)O)C1. The summed E-state index contributed by atoms with van der Waals surface area (Å²) in [4.78, 5) is 13.3. The van der Waals surface area contributed by atoms with E-state index in [9.17, 15) is 4.79 Å². The summed E-state index contributed by atoms with van der Waals surface area (Å²) in [5, 5.41) is 9.90. The van der Waals surface area contributed by atoms with Gasteiger partial charge in [0.05, 0.1) is 5.92 Å². The molecule has 3 atom stereocenters. The Morgan fingerprint density at radius 3 is 2.67 bits per heavy atom. The van der Waals surface area contributed by atoms with E-state index in [0.717, 1.165) is 17.1 Å². The summed E-state index contributed by atoms with van der Waals surface area (Å²) in [7, 11) is 0. The van der Waals surface area contributed by atoms with Gasteiger partial charge in [0.2, 0.25) is 0 Å². The predicted molar refractivity (Wildman–Crippen MR) is 71.7 cm³/mol. The van der Waals surface area contributed by atoms with Crippen molar-refractivity contribution in [3.05, 3.63) is 34.9 Å². The zero-order chi connectivity index (χ0) is 13.3. The van der Waals surface area contributed by atoms with Crippen molar-refractivity contribution >= 4 is 17.6 Å². The molecule has 1 fully saturated rings. The molecule has 1 aliphatic heterocycles. The molecule has 0 spiro atoms. The molecule has 0 aliphatic carbocycles. The molecular weight excluding hydrogens is 250 g/mol. The Balaban J connectivity index is 2.14. The molecule has 4 heteroatoms. The van der Waals surface area contributed by atoms with Crippen molar-refractivity contribution in [1.82, 2.24) is 4.90 Å². The summed E-state index contributed by atoms with van der Waals surface area (Å²) in [6.45, 7) is 5.49. The molecule has 0 bridgehead atoms. The third-order valence-corrected chi connectivity index (χ3v) is 4.21. The zero-order valence-corrected chi connectivity index (χ0v) is 11.4. The van der Waals surface area contributed by atoms with Crippen molar-refractivity contribution in [3.63, 3.8) is 0 Å². The molecule has 1 unspecified atom stereocenters. The first-order chi connectivity index (χ1) is 8.50. The number of carboxylic acids is 1. The first-order valence-corrected chi connectivity index (χ1v) is 6.59. The maximum atomic E-state index is 11.1. The van der Waals surface area contributed by atoms with Gasteiger partial charge >= 0.3 is 5.97 Å². The van der Waals surface area contributed by atoms with Gasteiger partial charge in [-0.25, -0.2) is 0 Å². The number of likely N-dealkylation sites (tertiary alicyclic amines) is 1. The summed E-state index contributed by atoms with van der Waals surface area (Å²) in [5.74, 6) is -0.779. The van der Waals surface area contributed by atoms with Crippen LogP contribution in [0.4, 0.5) is 0 Å². The summed E-state index contributed by atoms with van der Waals surface area (Å²) >= 11 is 6.19. The van der Waals surface area contributed by atoms with Gasteiger partial charge in [0.1, 0.15) is 0 Å². The lowest BCUT2D eigenvalue weighted by atomic mass is 9.99. The predicted octanol–water partition coefficient (Wildman–Crippen LogP) is 3.05. The van der Waals surface area contributed by atoms with Crippen molar-refractivity contribution in [2.75, 3.05) is 13.1 Å². The fraction of sp³-hybridized carbons (Fsp3) is 0.500. The highest BCUT2D eigenvalue weighted by Crippen LogP contribution is 2.33. The van der Waals surface area contributed by atoms with Crippen LogP contribution in [0.2, 0.25) is 5.02 Å². The number of rotatable bonds is 3. The second-order valence-electron chi connectivity index (χ2n) is 5.07. The van der Waals surface area contributed by atoms with Crippen LogP contribution in [0.15, 0.2) is 24.3 Å². The number of aliphatic carboxylic acids is 1. The number of nitrogens with zero attached hydrogens (tertiary/aromatic N) is 1. The van der Waals surface area contributed by atoms with Crippen LogP contribution in [0.5, 0.6) is 0 Å². The molecule has 1 aromatic rings. The lowest BCUT2D eigenvalue weighted by molar-refractivity contribution is -0.142. The summed E-state index contributed by atoms with van der Waals surface area (Å²) < 4.78 is 0. The lowest BCUT2D eigenvalue weighted by Crippen LogP contribution is -2.26. The Morgan fingerprint density at radius 1 is 1.44 bits per heavy atom. The third kappa shape index (κ3) is 2.52. The highest BCUT2D eigenvalue weighted by molar-refractivity contribution is 6.31. The Bertz CT molecular complexity index is 449. The van der Waals surface area contributed by atoms with Crippen molar-refractivity contribution in [2.24, 2.45) is 11.8 Å². The topological polar surface area (TPSA) is 40.5 Å². The number of carbonyl (C=O) groups is 1. The number of hydrogen-bond donors (Lipinski definition) is 1. The first-order valence-electron chi connectivity index (χ1n) is 6.22. The van der Waals surface area contributed by atoms with Gasteiger partial charge in [-0.1, -0.05) is 36.7 Å². The molecule has 0 aromatic heterocycles. The van der Waals surface area contributed by atoms with Gasteiger partial charge in [-0.2, -0.15) is 0 Å². The number of benzene rings is 1. The average Bonchev–Trinajstić information content (AvgIpc) is 2.71. The normalized spacial score (nSPS) is 26.2.